The summed E-state index contributed by atoms with van der Waals surface area (Å²) in [6.07, 6.45) is 0. The molecule has 0 saturated carbocycles. The highest BCUT2D eigenvalue weighted by Gasteiger charge is 2.48. The highest BCUT2D eigenvalue weighted by Crippen LogP contribution is 2.43. The monoisotopic (exact) mass is 451 g/mol. The van der Waals surface area contributed by atoms with Gasteiger partial charge < -0.3 is 14.3 Å². The molecule has 7 heteroatoms. The van der Waals surface area contributed by atoms with Gasteiger partial charge in [-0.2, -0.15) is 0 Å². The third-order valence-electron chi connectivity index (χ3n) is 5.38. The first kappa shape index (κ1) is 21.7. The number of aliphatic hydroxyl groups is 1. The molecule has 2 aromatic carbocycles. The van der Waals surface area contributed by atoms with Crippen LogP contribution in [0.1, 0.15) is 34.3 Å². The van der Waals surface area contributed by atoms with Gasteiger partial charge in [0.15, 0.2) is 0 Å². The van der Waals surface area contributed by atoms with Crippen molar-refractivity contribution in [3.05, 3.63) is 87.3 Å². The Labute approximate surface area is 190 Å². The van der Waals surface area contributed by atoms with Crippen LogP contribution in [0, 0.1) is 20.8 Å². The van der Waals surface area contributed by atoms with E-state index in [4.69, 9.17) is 20.8 Å². The number of rotatable bonds is 4. The molecule has 0 aliphatic carbocycles. The van der Waals surface area contributed by atoms with Crippen molar-refractivity contribution < 1.29 is 23.8 Å². The number of furan rings is 1. The van der Waals surface area contributed by atoms with Gasteiger partial charge in [-0.05, 0) is 74.4 Å². The quantitative estimate of drug-likeness (QED) is 0.322. The van der Waals surface area contributed by atoms with Gasteiger partial charge in [0.1, 0.15) is 29.1 Å². The molecule has 32 heavy (non-hydrogen) atoms. The minimum atomic E-state index is -0.925. The Kier molecular flexibility index (Phi) is 5.57. The molecule has 1 saturated heterocycles. The molecule has 164 valence electrons. The average molecular weight is 452 g/mol. The van der Waals surface area contributed by atoms with E-state index >= 15 is 0 Å². The first-order valence-corrected chi connectivity index (χ1v) is 10.4. The molecule has 1 N–H and O–H groups in total. The number of halogens is 1. The van der Waals surface area contributed by atoms with Gasteiger partial charge in [0.05, 0.1) is 17.7 Å². The van der Waals surface area contributed by atoms with Crippen LogP contribution in [-0.4, -0.2) is 23.9 Å². The largest absolute Gasteiger partial charge is 0.507 e. The molecule has 6 nitrogen and oxygen atoms in total. The molecule has 2 heterocycles. The molecule has 1 unspecified atom stereocenters. The second kappa shape index (κ2) is 8.20. The van der Waals surface area contributed by atoms with E-state index < -0.39 is 17.7 Å². The molecule has 4 rings (SSSR count). The van der Waals surface area contributed by atoms with Crippen molar-refractivity contribution in [2.45, 2.75) is 26.8 Å². The number of aryl methyl sites for hydroxylation is 3. The van der Waals surface area contributed by atoms with Gasteiger partial charge in [0, 0.05) is 11.3 Å². The number of carbonyl (C=O) groups is 2. The Hall–Kier alpha value is -3.51. The van der Waals surface area contributed by atoms with E-state index in [1.807, 2.05) is 32.0 Å². The summed E-state index contributed by atoms with van der Waals surface area (Å²) in [7, 11) is 1.48. The number of nitrogens with zero attached hydrogens (tertiary/aromatic N) is 1. The maximum absolute atomic E-state index is 13.2. The fourth-order valence-corrected chi connectivity index (χ4v) is 4.28. The van der Waals surface area contributed by atoms with Crippen molar-refractivity contribution in [1.82, 2.24) is 0 Å². The third kappa shape index (κ3) is 3.67. The minimum absolute atomic E-state index is 0.0651. The van der Waals surface area contributed by atoms with Crippen LogP contribution in [0.15, 0.2) is 58.5 Å². The van der Waals surface area contributed by atoms with Gasteiger partial charge in [0.2, 0.25) is 0 Å². The Balaban J connectivity index is 1.94. The lowest BCUT2D eigenvalue weighted by molar-refractivity contribution is -0.132. The Bertz CT molecular complexity index is 1250. The van der Waals surface area contributed by atoms with Gasteiger partial charge >= 0.3 is 0 Å². The van der Waals surface area contributed by atoms with E-state index in [2.05, 4.69) is 0 Å². The third-order valence-corrected chi connectivity index (χ3v) is 5.68. The smallest absolute Gasteiger partial charge is 0.300 e. The van der Waals surface area contributed by atoms with Crippen molar-refractivity contribution in [2.75, 3.05) is 12.0 Å². The topological polar surface area (TPSA) is 80.0 Å². The Morgan fingerprint density at radius 3 is 2.28 bits per heavy atom. The van der Waals surface area contributed by atoms with Crippen molar-refractivity contribution >= 4 is 34.7 Å². The first-order valence-electron chi connectivity index (χ1n) is 10.0. The number of hydrogen-bond donors (Lipinski definition) is 1. The first-order chi connectivity index (χ1) is 15.2. The number of aliphatic hydroxyl groups excluding tert-OH is 1. The van der Waals surface area contributed by atoms with Crippen molar-refractivity contribution in [2.24, 2.45) is 0 Å². The Morgan fingerprint density at radius 2 is 1.72 bits per heavy atom. The van der Waals surface area contributed by atoms with Crippen LogP contribution >= 0.6 is 11.6 Å². The summed E-state index contributed by atoms with van der Waals surface area (Å²) in [6.45, 7) is 5.60. The van der Waals surface area contributed by atoms with Crippen LogP contribution in [0.25, 0.3) is 5.76 Å². The van der Waals surface area contributed by atoms with Crippen LogP contribution in [0.2, 0.25) is 5.02 Å². The van der Waals surface area contributed by atoms with Crippen LogP contribution in [0.5, 0.6) is 5.75 Å². The highest BCUT2D eigenvalue weighted by atomic mass is 35.5. The molecule has 1 amide bonds. The lowest BCUT2D eigenvalue weighted by atomic mass is 9.99. The summed E-state index contributed by atoms with van der Waals surface area (Å²) in [5.74, 6) is -0.445. The van der Waals surface area contributed by atoms with Gasteiger partial charge in [-0.1, -0.05) is 17.7 Å². The number of Topliss-reactive ketones (excluding diaryl/α,β-unsaturated/α-hetero) is 1. The van der Waals surface area contributed by atoms with E-state index in [0.29, 0.717) is 28.5 Å². The molecule has 1 aromatic heterocycles. The normalized spacial score (nSPS) is 17.8. The predicted octanol–water partition coefficient (Wildman–Crippen LogP) is 5.49. The van der Waals surface area contributed by atoms with Crippen molar-refractivity contribution in [3.8, 4) is 5.75 Å². The number of hydrogen-bond acceptors (Lipinski definition) is 5. The summed E-state index contributed by atoms with van der Waals surface area (Å²) in [5, 5.41) is 11.4. The van der Waals surface area contributed by atoms with Gasteiger partial charge in [-0.25, -0.2) is 0 Å². The Morgan fingerprint density at radius 1 is 1.03 bits per heavy atom. The maximum Gasteiger partial charge on any atom is 0.300 e. The lowest BCUT2D eigenvalue weighted by Crippen LogP contribution is -2.29. The zero-order valence-electron chi connectivity index (χ0n) is 18.1. The number of benzene rings is 2. The number of carbonyl (C=O) groups excluding carboxylic acids is 2. The van der Waals surface area contributed by atoms with Gasteiger partial charge in [-0.3, -0.25) is 14.5 Å². The second-order valence-electron chi connectivity index (χ2n) is 7.81. The van der Waals surface area contributed by atoms with Gasteiger partial charge in [0.25, 0.3) is 11.7 Å². The summed E-state index contributed by atoms with van der Waals surface area (Å²) >= 11 is 6.22. The molecular weight excluding hydrogens is 430 g/mol. The average Bonchev–Trinajstić information content (AvgIpc) is 3.27. The molecule has 1 aliphatic heterocycles. The molecule has 1 fully saturated rings. The van der Waals surface area contributed by atoms with E-state index in [-0.39, 0.29) is 16.4 Å². The standard InChI is InChI=1S/C25H22ClNO5/c1-13-9-14(2)11-17(10-13)27-22(20-7-5-15(3)32-20)21(24(29)25(27)30)23(28)16-6-8-19(31-4)18(26)12-16/h5-12,22,28H,1-4H3/b23-21-. The SMILES string of the molecule is COc1ccc(/C(O)=C2/C(=O)C(=O)N(c3cc(C)cc(C)c3)C2c2ccc(C)o2)cc1Cl. The molecule has 0 bridgehead atoms. The zero-order chi connectivity index (χ0) is 23.2. The van der Waals surface area contributed by atoms with E-state index in [1.165, 1.54) is 18.1 Å². The van der Waals surface area contributed by atoms with Gasteiger partial charge in [-0.15, -0.1) is 0 Å². The fourth-order valence-electron chi connectivity index (χ4n) is 4.03. The summed E-state index contributed by atoms with van der Waals surface area (Å²) < 4.78 is 11.0. The predicted molar refractivity (Wildman–Crippen MR) is 122 cm³/mol. The fraction of sp³-hybridized carbons (Fsp3) is 0.200. The minimum Gasteiger partial charge on any atom is -0.507 e. The molecule has 3 aromatic rings. The summed E-state index contributed by atoms with van der Waals surface area (Å²) in [4.78, 5) is 27.7. The summed E-state index contributed by atoms with van der Waals surface area (Å²) in [5.41, 5.74) is 2.67. The number of ether oxygens (including phenoxy) is 1. The van der Waals surface area contributed by atoms with Crippen molar-refractivity contribution in [1.29, 1.82) is 0 Å². The highest BCUT2D eigenvalue weighted by molar-refractivity contribution is 6.51. The van der Waals surface area contributed by atoms with Crippen LogP contribution in [-0.2, 0) is 9.59 Å². The number of methoxy groups -OCH3 is 1. The number of amides is 1. The lowest BCUT2D eigenvalue weighted by Gasteiger charge is -2.24. The molecule has 1 aliphatic rings. The molecule has 0 spiro atoms. The van der Waals surface area contributed by atoms with E-state index in [9.17, 15) is 14.7 Å². The maximum atomic E-state index is 13.2. The molecule has 0 radical (unpaired) electrons. The molecular formula is C25H22ClNO5. The van der Waals surface area contributed by atoms with E-state index in [1.54, 1.807) is 31.2 Å². The summed E-state index contributed by atoms with van der Waals surface area (Å²) in [6, 6.07) is 12.8. The van der Waals surface area contributed by atoms with Crippen LogP contribution < -0.4 is 9.64 Å². The number of ketones is 1. The second-order valence-corrected chi connectivity index (χ2v) is 8.22. The zero-order valence-corrected chi connectivity index (χ0v) is 18.9. The van der Waals surface area contributed by atoms with Crippen molar-refractivity contribution in [3.63, 3.8) is 0 Å². The van der Waals surface area contributed by atoms with E-state index in [0.717, 1.165) is 11.1 Å². The molecule has 1 atom stereocenters. The number of anilines is 1. The van der Waals surface area contributed by atoms with Crippen LogP contribution in [0.3, 0.4) is 0 Å². The van der Waals surface area contributed by atoms with Crippen LogP contribution in [0.4, 0.5) is 5.69 Å².